The van der Waals surface area contributed by atoms with Crippen LogP contribution in [0.15, 0.2) is 64.5 Å². The number of halogens is 1. The fourth-order valence-electron chi connectivity index (χ4n) is 2.61. The minimum atomic E-state index is -0.266. The molecule has 0 saturated carbocycles. The van der Waals surface area contributed by atoms with Crippen LogP contribution >= 0.6 is 23.4 Å². The molecule has 2 heterocycles. The number of aromatic nitrogens is 4. The number of thioether (sulfide) groups is 1. The summed E-state index contributed by atoms with van der Waals surface area (Å²) in [6, 6.07) is 17.5. The molecule has 1 N–H and O–H groups in total. The van der Waals surface area contributed by atoms with E-state index >= 15 is 0 Å². The minimum absolute atomic E-state index is 0.266. The Bertz CT molecular complexity index is 1130. The van der Waals surface area contributed by atoms with Crippen LogP contribution in [0.1, 0.15) is 11.1 Å². The molecule has 4 rings (SSSR count). The van der Waals surface area contributed by atoms with Crippen molar-refractivity contribution in [1.29, 1.82) is 0 Å². The van der Waals surface area contributed by atoms with Crippen molar-refractivity contribution in [1.82, 2.24) is 19.8 Å². The maximum atomic E-state index is 12.1. The first kappa shape index (κ1) is 16.9. The molecule has 0 unspecified atom stereocenters. The number of rotatable bonds is 4. The van der Waals surface area contributed by atoms with Crippen molar-refractivity contribution in [2.24, 2.45) is 0 Å². The normalized spacial score (nSPS) is 11.2. The third-order valence-electron chi connectivity index (χ3n) is 4.04. The first-order valence-corrected chi connectivity index (χ1v) is 9.40. The van der Waals surface area contributed by atoms with Gasteiger partial charge >= 0.3 is 0 Å². The van der Waals surface area contributed by atoms with Gasteiger partial charge in [0.2, 0.25) is 5.16 Å². The summed E-state index contributed by atoms with van der Waals surface area (Å²) in [6.07, 6.45) is 0. The zero-order valence-corrected chi connectivity index (χ0v) is 15.5. The Morgan fingerprint density at radius 3 is 2.69 bits per heavy atom. The molecule has 0 spiro atoms. The van der Waals surface area contributed by atoms with E-state index < -0.39 is 0 Å². The van der Waals surface area contributed by atoms with Gasteiger partial charge in [0.05, 0.1) is 5.69 Å². The van der Waals surface area contributed by atoms with E-state index in [1.807, 2.05) is 55.5 Å². The molecule has 0 fully saturated rings. The summed E-state index contributed by atoms with van der Waals surface area (Å²) in [4.78, 5) is 12.1. The highest BCUT2D eigenvalue weighted by molar-refractivity contribution is 7.98. The van der Waals surface area contributed by atoms with E-state index in [0.717, 1.165) is 16.8 Å². The highest BCUT2D eigenvalue weighted by atomic mass is 35.5. The van der Waals surface area contributed by atoms with Gasteiger partial charge in [-0.25, -0.2) is 9.61 Å². The van der Waals surface area contributed by atoms with E-state index in [2.05, 4.69) is 15.3 Å². The monoisotopic (exact) mass is 382 g/mol. The molecule has 0 aliphatic carbocycles. The second kappa shape index (κ2) is 6.97. The fraction of sp³-hybridized carbons (Fsp3) is 0.105. The van der Waals surface area contributed by atoms with Crippen molar-refractivity contribution in [2.75, 3.05) is 0 Å². The molecule has 0 aliphatic heterocycles. The molecule has 0 atom stereocenters. The van der Waals surface area contributed by atoms with Crippen molar-refractivity contribution in [3.8, 4) is 11.3 Å². The first-order chi connectivity index (χ1) is 12.6. The van der Waals surface area contributed by atoms with E-state index in [-0.39, 0.29) is 5.56 Å². The van der Waals surface area contributed by atoms with Gasteiger partial charge in [-0.15, -0.1) is 5.10 Å². The average Bonchev–Trinajstić information content (AvgIpc) is 3.09. The van der Waals surface area contributed by atoms with Gasteiger partial charge in [-0.05, 0) is 24.6 Å². The van der Waals surface area contributed by atoms with E-state index in [1.54, 1.807) is 10.6 Å². The quantitative estimate of drug-likeness (QED) is 0.533. The molecule has 0 amide bonds. The summed E-state index contributed by atoms with van der Waals surface area (Å²) in [5, 5.41) is 12.6. The summed E-state index contributed by atoms with van der Waals surface area (Å²) in [7, 11) is 0. The molecule has 0 saturated heterocycles. The average molecular weight is 383 g/mol. The molecule has 2 aromatic heterocycles. The van der Waals surface area contributed by atoms with Crippen molar-refractivity contribution in [2.45, 2.75) is 17.8 Å². The van der Waals surface area contributed by atoms with Crippen LogP contribution in [0.25, 0.3) is 16.8 Å². The van der Waals surface area contributed by atoms with Crippen molar-refractivity contribution >= 4 is 28.9 Å². The zero-order chi connectivity index (χ0) is 18.1. The Labute approximate surface area is 159 Å². The lowest BCUT2D eigenvalue weighted by atomic mass is 10.1. The van der Waals surface area contributed by atoms with Crippen LogP contribution in [0.4, 0.5) is 0 Å². The molecule has 7 heteroatoms. The van der Waals surface area contributed by atoms with Crippen molar-refractivity contribution < 1.29 is 0 Å². The summed E-state index contributed by atoms with van der Waals surface area (Å²) >= 11 is 7.69. The molecule has 0 bridgehead atoms. The molecule has 26 heavy (non-hydrogen) atoms. The standard InChI is InChI=1S/C19H15ClN4OS/c1-12-6-8-13(9-7-12)16-10-17-18(25)21-22-19(24(17)23-16)26-11-14-4-2-3-5-15(14)20/h2-10H,11H2,1H3,(H,21,25). The number of fused-ring (bicyclic) bond motifs is 1. The highest BCUT2D eigenvalue weighted by Gasteiger charge is 2.13. The maximum Gasteiger partial charge on any atom is 0.290 e. The Morgan fingerprint density at radius 1 is 1.15 bits per heavy atom. The summed E-state index contributed by atoms with van der Waals surface area (Å²) in [6.45, 7) is 2.03. The van der Waals surface area contributed by atoms with Gasteiger partial charge in [0.15, 0.2) is 0 Å². The zero-order valence-electron chi connectivity index (χ0n) is 13.9. The van der Waals surface area contributed by atoms with E-state index in [1.165, 1.54) is 17.3 Å². The Hall–Kier alpha value is -2.57. The minimum Gasteiger partial charge on any atom is -0.266 e. The largest absolute Gasteiger partial charge is 0.290 e. The topological polar surface area (TPSA) is 63.0 Å². The lowest BCUT2D eigenvalue weighted by Gasteiger charge is -2.04. The van der Waals surface area contributed by atoms with Crippen LogP contribution in [-0.2, 0) is 5.75 Å². The van der Waals surface area contributed by atoms with Gasteiger partial charge < -0.3 is 0 Å². The molecular weight excluding hydrogens is 368 g/mol. The predicted octanol–water partition coefficient (Wildman–Crippen LogP) is 4.34. The van der Waals surface area contributed by atoms with Crippen LogP contribution in [-0.4, -0.2) is 19.8 Å². The Morgan fingerprint density at radius 2 is 1.92 bits per heavy atom. The molecule has 130 valence electrons. The third-order valence-corrected chi connectivity index (χ3v) is 5.38. The van der Waals surface area contributed by atoms with Crippen LogP contribution in [0.5, 0.6) is 0 Å². The van der Waals surface area contributed by atoms with Gasteiger partial charge in [-0.3, -0.25) is 4.79 Å². The van der Waals surface area contributed by atoms with Gasteiger partial charge in [-0.1, -0.05) is 71.4 Å². The Kier molecular flexibility index (Phi) is 4.53. The maximum absolute atomic E-state index is 12.1. The number of hydrogen-bond acceptors (Lipinski definition) is 4. The summed E-state index contributed by atoms with van der Waals surface area (Å²) < 4.78 is 1.59. The second-order valence-electron chi connectivity index (χ2n) is 5.91. The number of aryl methyl sites for hydroxylation is 1. The number of H-pyrrole nitrogens is 1. The van der Waals surface area contributed by atoms with Crippen LogP contribution in [0, 0.1) is 6.92 Å². The Balaban J connectivity index is 1.71. The second-order valence-corrected chi connectivity index (χ2v) is 7.26. The highest BCUT2D eigenvalue weighted by Crippen LogP contribution is 2.26. The fourth-order valence-corrected chi connectivity index (χ4v) is 3.80. The SMILES string of the molecule is Cc1ccc(-c2cc3c(=O)[nH]nc(SCc4ccccc4Cl)n3n2)cc1. The first-order valence-electron chi connectivity index (χ1n) is 8.03. The van der Waals surface area contributed by atoms with Gasteiger partial charge in [0.25, 0.3) is 5.56 Å². The van der Waals surface area contributed by atoms with Crippen molar-refractivity contribution in [3.05, 3.63) is 81.1 Å². The summed E-state index contributed by atoms with van der Waals surface area (Å²) in [5.74, 6) is 0.632. The molecular formula is C19H15ClN4OS. The van der Waals surface area contributed by atoms with Crippen LogP contribution < -0.4 is 5.56 Å². The lowest BCUT2D eigenvalue weighted by Crippen LogP contribution is -2.13. The number of benzene rings is 2. The van der Waals surface area contributed by atoms with Crippen LogP contribution in [0.3, 0.4) is 0 Å². The number of nitrogens with zero attached hydrogens (tertiary/aromatic N) is 3. The van der Waals surface area contributed by atoms with Gasteiger partial charge in [0.1, 0.15) is 5.52 Å². The van der Waals surface area contributed by atoms with Crippen molar-refractivity contribution in [3.63, 3.8) is 0 Å². The molecule has 2 aromatic carbocycles. The third kappa shape index (κ3) is 3.25. The van der Waals surface area contributed by atoms with E-state index in [0.29, 0.717) is 21.4 Å². The molecule has 0 aliphatic rings. The molecule has 4 aromatic rings. The van der Waals surface area contributed by atoms with Gasteiger partial charge in [-0.2, -0.15) is 5.10 Å². The van der Waals surface area contributed by atoms with E-state index in [9.17, 15) is 4.79 Å². The number of hydrogen-bond donors (Lipinski definition) is 1. The molecule has 5 nitrogen and oxygen atoms in total. The summed E-state index contributed by atoms with van der Waals surface area (Å²) in [5.41, 5.74) is 4.08. The lowest BCUT2D eigenvalue weighted by molar-refractivity contribution is 0.728. The smallest absolute Gasteiger partial charge is 0.266 e. The number of aromatic amines is 1. The molecule has 0 radical (unpaired) electrons. The number of nitrogens with one attached hydrogen (secondary N) is 1. The predicted molar refractivity (Wildman–Crippen MR) is 105 cm³/mol. The van der Waals surface area contributed by atoms with Gasteiger partial charge in [0, 0.05) is 16.3 Å². The van der Waals surface area contributed by atoms with Crippen LogP contribution in [0.2, 0.25) is 5.02 Å². The van der Waals surface area contributed by atoms with E-state index in [4.69, 9.17) is 11.6 Å².